The van der Waals surface area contributed by atoms with Crippen molar-refractivity contribution in [2.45, 2.75) is 0 Å². The molecule has 0 aliphatic rings. The fourth-order valence-electron chi connectivity index (χ4n) is 1.36. The van der Waals surface area contributed by atoms with Crippen molar-refractivity contribution in [3.8, 4) is 17.3 Å². The van der Waals surface area contributed by atoms with E-state index in [-0.39, 0.29) is 22.0 Å². The zero-order valence-electron chi connectivity index (χ0n) is 8.42. The summed E-state index contributed by atoms with van der Waals surface area (Å²) in [7, 11) is 0. The van der Waals surface area contributed by atoms with Crippen LogP contribution >= 0.6 is 11.6 Å². The minimum Gasteiger partial charge on any atom is -0.235 e. The Bertz CT molecular complexity index is 620. The zero-order chi connectivity index (χ0) is 12.4. The molecule has 0 aliphatic heterocycles. The molecule has 17 heavy (non-hydrogen) atoms. The first kappa shape index (κ1) is 11.5. The second-order valence-corrected chi connectivity index (χ2v) is 3.63. The highest BCUT2D eigenvalue weighted by Gasteiger charge is 2.10. The molecule has 0 saturated heterocycles. The van der Waals surface area contributed by atoms with Gasteiger partial charge >= 0.3 is 0 Å². The highest BCUT2D eigenvalue weighted by molar-refractivity contribution is 6.30. The summed E-state index contributed by atoms with van der Waals surface area (Å²) >= 11 is 5.72. The number of hydrogen-bond acceptors (Lipinski definition) is 2. The summed E-state index contributed by atoms with van der Waals surface area (Å²) in [6, 6.07) is 7.73. The molecule has 0 amide bonds. The van der Waals surface area contributed by atoms with Gasteiger partial charge in [-0.25, -0.2) is 13.8 Å². The first-order chi connectivity index (χ1) is 8.11. The lowest BCUT2D eigenvalue weighted by Gasteiger charge is -2.04. The van der Waals surface area contributed by atoms with E-state index in [2.05, 4.69) is 4.98 Å². The van der Waals surface area contributed by atoms with Gasteiger partial charge in [0.05, 0.1) is 11.3 Å². The normalized spacial score (nSPS) is 10.0. The molecule has 0 saturated carbocycles. The van der Waals surface area contributed by atoms with Crippen LogP contribution in [0.5, 0.6) is 0 Å². The maximum absolute atomic E-state index is 13.5. The highest BCUT2D eigenvalue weighted by Crippen LogP contribution is 2.24. The second kappa shape index (κ2) is 4.48. The molecular formula is C12H5ClF2N2. The number of rotatable bonds is 1. The molecule has 1 heterocycles. The van der Waals surface area contributed by atoms with Crippen molar-refractivity contribution in [3.05, 3.63) is 52.7 Å². The lowest BCUT2D eigenvalue weighted by molar-refractivity contribution is 0.602. The van der Waals surface area contributed by atoms with Crippen LogP contribution in [0.3, 0.4) is 0 Å². The first-order valence-corrected chi connectivity index (χ1v) is 5.01. The molecular weight excluding hydrogens is 246 g/mol. The monoisotopic (exact) mass is 250 g/mol. The van der Waals surface area contributed by atoms with Crippen molar-refractivity contribution in [2.24, 2.45) is 0 Å². The van der Waals surface area contributed by atoms with Crippen LogP contribution in [0.4, 0.5) is 8.78 Å². The quantitative estimate of drug-likeness (QED) is 0.726. The molecule has 0 bridgehead atoms. The van der Waals surface area contributed by atoms with Crippen molar-refractivity contribution in [1.82, 2.24) is 4.98 Å². The molecule has 0 aliphatic carbocycles. The van der Waals surface area contributed by atoms with Crippen LogP contribution in [-0.4, -0.2) is 4.98 Å². The van der Waals surface area contributed by atoms with Gasteiger partial charge in [-0.05, 0) is 30.3 Å². The molecule has 0 fully saturated rings. The van der Waals surface area contributed by atoms with E-state index in [4.69, 9.17) is 16.9 Å². The smallest absolute Gasteiger partial charge is 0.147 e. The van der Waals surface area contributed by atoms with Gasteiger partial charge in [0.2, 0.25) is 0 Å². The molecule has 5 heteroatoms. The summed E-state index contributed by atoms with van der Waals surface area (Å²) in [6.07, 6.45) is 0. The number of halogens is 3. The van der Waals surface area contributed by atoms with Crippen LogP contribution in [0.1, 0.15) is 5.56 Å². The third kappa shape index (κ3) is 2.24. The second-order valence-electron chi connectivity index (χ2n) is 3.27. The van der Waals surface area contributed by atoms with Crippen molar-refractivity contribution in [2.75, 3.05) is 0 Å². The average molecular weight is 251 g/mol. The van der Waals surface area contributed by atoms with E-state index in [0.29, 0.717) is 0 Å². The van der Waals surface area contributed by atoms with Gasteiger partial charge < -0.3 is 0 Å². The summed E-state index contributed by atoms with van der Waals surface area (Å²) in [5, 5.41) is 8.64. The van der Waals surface area contributed by atoms with Crippen molar-refractivity contribution in [1.29, 1.82) is 5.26 Å². The van der Waals surface area contributed by atoms with Crippen LogP contribution in [0.25, 0.3) is 11.3 Å². The van der Waals surface area contributed by atoms with Crippen molar-refractivity contribution >= 4 is 11.6 Å². The summed E-state index contributed by atoms with van der Waals surface area (Å²) in [6.45, 7) is 0. The van der Waals surface area contributed by atoms with Gasteiger partial charge in [0.25, 0.3) is 0 Å². The lowest BCUT2D eigenvalue weighted by Crippen LogP contribution is -1.91. The van der Waals surface area contributed by atoms with Crippen LogP contribution in [0.2, 0.25) is 5.15 Å². The molecule has 0 spiro atoms. The molecule has 0 radical (unpaired) electrons. The van der Waals surface area contributed by atoms with Gasteiger partial charge in [0.15, 0.2) is 0 Å². The third-order valence-corrected chi connectivity index (χ3v) is 2.46. The van der Waals surface area contributed by atoms with Gasteiger partial charge in [0.1, 0.15) is 22.9 Å². The molecule has 2 nitrogen and oxygen atoms in total. The average Bonchev–Trinajstić information content (AvgIpc) is 2.32. The number of benzene rings is 1. The predicted octanol–water partition coefficient (Wildman–Crippen LogP) is 3.55. The molecule has 1 aromatic heterocycles. The van der Waals surface area contributed by atoms with E-state index >= 15 is 0 Å². The van der Waals surface area contributed by atoms with E-state index in [9.17, 15) is 8.78 Å². The van der Waals surface area contributed by atoms with Gasteiger partial charge in [-0.1, -0.05) is 11.6 Å². The van der Waals surface area contributed by atoms with Crippen LogP contribution in [-0.2, 0) is 0 Å². The van der Waals surface area contributed by atoms with Crippen molar-refractivity contribution < 1.29 is 8.78 Å². The minimum absolute atomic E-state index is 0.0105. The Kier molecular flexibility index (Phi) is 3.03. The first-order valence-electron chi connectivity index (χ1n) is 4.64. The summed E-state index contributed by atoms with van der Waals surface area (Å²) in [5.41, 5.74) is 0.384. The predicted molar refractivity (Wildman–Crippen MR) is 59.3 cm³/mol. The molecule has 1 aromatic carbocycles. The summed E-state index contributed by atoms with van der Waals surface area (Å²) in [4.78, 5) is 3.85. The molecule has 84 valence electrons. The Balaban J connectivity index is 2.58. The molecule has 2 rings (SSSR count). The fraction of sp³-hybridized carbons (Fsp3) is 0. The van der Waals surface area contributed by atoms with Gasteiger partial charge in [-0.15, -0.1) is 0 Å². The number of nitrogens with zero attached hydrogens (tertiary/aromatic N) is 2. The fourth-order valence-corrected chi connectivity index (χ4v) is 1.56. The summed E-state index contributed by atoms with van der Waals surface area (Å²) < 4.78 is 26.5. The Morgan fingerprint density at radius 1 is 1.18 bits per heavy atom. The molecule has 0 atom stereocenters. The number of aromatic nitrogens is 1. The van der Waals surface area contributed by atoms with E-state index < -0.39 is 11.6 Å². The van der Waals surface area contributed by atoms with E-state index in [1.165, 1.54) is 12.1 Å². The van der Waals surface area contributed by atoms with E-state index in [0.717, 1.165) is 18.2 Å². The largest absolute Gasteiger partial charge is 0.235 e. The Hall–Kier alpha value is -1.99. The Labute approximate surface area is 101 Å². The highest BCUT2D eigenvalue weighted by atomic mass is 35.5. The van der Waals surface area contributed by atoms with Crippen molar-refractivity contribution in [3.63, 3.8) is 0 Å². The SMILES string of the molecule is N#Cc1ccc(-c2cc(F)ccc2F)nc1Cl. The van der Waals surface area contributed by atoms with E-state index in [1.54, 1.807) is 0 Å². The number of pyridine rings is 1. The molecule has 0 unspecified atom stereocenters. The minimum atomic E-state index is -0.598. The summed E-state index contributed by atoms with van der Waals surface area (Å²) in [5.74, 6) is -1.16. The standard InChI is InChI=1S/C12H5ClF2N2/c13-12-7(6-16)1-4-11(17-12)9-5-8(14)2-3-10(9)15/h1-5H. The number of nitriles is 1. The lowest BCUT2D eigenvalue weighted by atomic mass is 10.1. The molecule has 2 aromatic rings. The topological polar surface area (TPSA) is 36.7 Å². The Morgan fingerprint density at radius 3 is 2.59 bits per heavy atom. The van der Waals surface area contributed by atoms with E-state index in [1.807, 2.05) is 6.07 Å². The maximum Gasteiger partial charge on any atom is 0.147 e. The maximum atomic E-state index is 13.5. The zero-order valence-corrected chi connectivity index (χ0v) is 9.17. The number of hydrogen-bond donors (Lipinski definition) is 0. The van der Waals surface area contributed by atoms with Gasteiger partial charge in [0, 0.05) is 5.56 Å². The van der Waals surface area contributed by atoms with Gasteiger partial charge in [-0.2, -0.15) is 5.26 Å². The Morgan fingerprint density at radius 2 is 1.94 bits per heavy atom. The van der Waals surface area contributed by atoms with Gasteiger partial charge in [-0.3, -0.25) is 0 Å². The third-order valence-electron chi connectivity index (χ3n) is 2.17. The van der Waals surface area contributed by atoms with Crippen LogP contribution in [0, 0.1) is 23.0 Å². The van der Waals surface area contributed by atoms with Crippen LogP contribution < -0.4 is 0 Å². The van der Waals surface area contributed by atoms with Crippen LogP contribution in [0.15, 0.2) is 30.3 Å². The molecule has 0 N–H and O–H groups in total.